The van der Waals surface area contributed by atoms with E-state index in [-0.39, 0.29) is 11.9 Å². The van der Waals surface area contributed by atoms with Gasteiger partial charge in [-0.2, -0.15) is 10.1 Å². The summed E-state index contributed by atoms with van der Waals surface area (Å²) < 4.78 is 16.9. The van der Waals surface area contributed by atoms with Gasteiger partial charge in [-0.25, -0.2) is 14.1 Å². The fourth-order valence-electron chi connectivity index (χ4n) is 4.50. The molecule has 3 aromatic heterocycles. The quantitative estimate of drug-likeness (QED) is 0.412. The van der Waals surface area contributed by atoms with Crippen LogP contribution in [0, 0.1) is 11.2 Å². The minimum atomic E-state index is -0.425. The zero-order valence-electron chi connectivity index (χ0n) is 18.3. The van der Waals surface area contributed by atoms with E-state index in [0.29, 0.717) is 51.1 Å². The van der Waals surface area contributed by atoms with Crippen LogP contribution < -0.4 is 10.6 Å². The number of amides is 1. The maximum Gasteiger partial charge on any atom is 0.226 e. The highest BCUT2D eigenvalue weighted by Gasteiger charge is 2.41. The molecule has 5 rings (SSSR count). The largest absolute Gasteiger partial charge is 0.356 e. The third kappa shape index (κ3) is 3.92. The Kier molecular flexibility index (Phi) is 5.48. The van der Waals surface area contributed by atoms with Crippen molar-refractivity contribution in [2.24, 2.45) is 5.41 Å². The van der Waals surface area contributed by atoms with Crippen LogP contribution in [0.2, 0.25) is 0 Å². The SMILES string of the molecule is CCNC(=O)[C@]1(C)CC[C@@H](Nc2ncc3c(Br)nn(-c4cc(F)c5ncccc5c4)c3n2)C1. The molecular weight excluding hydrogens is 489 g/mol. The third-order valence-electron chi connectivity index (χ3n) is 6.23. The van der Waals surface area contributed by atoms with Crippen LogP contribution >= 0.6 is 15.9 Å². The van der Waals surface area contributed by atoms with Gasteiger partial charge in [-0.15, -0.1) is 0 Å². The summed E-state index contributed by atoms with van der Waals surface area (Å²) in [5, 5.41) is 12.2. The molecule has 1 saturated carbocycles. The molecule has 1 amide bonds. The predicted molar refractivity (Wildman–Crippen MR) is 128 cm³/mol. The van der Waals surface area contributed by atoms with Gasteiger partial charge in [0.15, 0.2) is 11.5 Å². The van der Waals surface area contributed by atoms with Crippen molar-refractivity contribution in [2.45, 2.75) is 39.2 Å². The van der Waals surface area contributed by atoms with Crippen LogP contribution in [0.3, 0.4) is 0 Å². The molecule has 0 unspecified atom stereocenters. The van der Waals surface area contributed by atoms with Crippen molar-refractivity contribution < 1.29 is 9.18 Å². The smallest absolute Gasteiger partial charge is 0.226 e. The van der Waals surface area contributed by atoms with Crippen LogP contribution in [0.1, 0.15) is 33.1 Å². The molecule has 0 radical (unpaired) electrons. The number of aromatic nitrogens is 5. The highest BCUT2D eigenvalue weighted by Crippen LogP contribution is 2.39. The summed E-state index contributed by atoms with van der Waals surface area (Å²) in [5.41, 5.74) is 0.994. The highest BCUT2D eigenvalue weighted by molar-refractivity contribution is 9.10. The van der Waals surface area contributed by atoms with Gasteiger partial charge >= 0.3 is 0 Å². The summed E-state index contributed by atoms with van der Waals surface area (Å²) in [7, 11) is 0. The van der Waals surface area contributed by atoms with Crippen LogP contribution in [0.4, 0.5) is 10.3 Å². The Labute approximate surface area is 198 Å². The van der Waals surface area contributed by atoms with Gasteiger partial charge in [-0.3, -0.25) is 9.78 Å². The third-order valence-corrected chi connectivity index (χ3v) is 6.81. The number of halogens is 2. The summed E-state index contributed by atoms with van der Waals surface area (Å²) in [6.45, 7) is 4.55. The molecule has 33 heavy (non-hydrogen) atoms. The van der Waals surface area contributed by atoms with Gasteiger partial charge in [0.25, 0.3) is 0 Å². The number of fused-ring (bicyclic) bond motifs is 2. The summed E-state index contributed by atoms with van der Waals surface area (Å²) in [4.78, 5) is 25.7. The molecule has 1 aliphatic carbocycles. The fraction of sp³-hybridized carbons (Fsp3) is 0.348. The normalized spacial score (nSPS) is 20.4. The lowest BCUT2D eigenvalue weighted by atomic mass is 9.87. The molecule has 2 N–H and O–H groups in total. The average molecular weight is 512 g/mol. The van der Waals surface area contributed by atoms with E-state index in [0.717, 1.165) is 12.8 Å². The van der Waals surface area contributed by atoms with E-state index in [2.05, 4.69) is 46.6 Å². The highest BCUT2D eigenvalue weighted by atomic mass is 79.9. The van der Waals surface area contributed by atoms with Gasteiger partial charge in [0.1, 0.15) is 10.1 Å². The lowest BCUT2D eigenvalue weighted by Gasteiger charge is -2.22. The molecular formula is C23H23BrFN7O. The number of carbonyl (C=O) groups is 1. The summed E-state index contributed by atoms with van der Waals surface area (Å²) in [6.07, 6.45) is 5.60. The Morgan fingerprint density at radius 1 is 1.36 bits per heavy atom. The van der Waals surface area contributed by atoms with E-state index in [1.54, 1.807) is 23.1 Å². The zero-order valence-corrected chi connectivity index (χ0v) is 19.9. The van der Waals surface area contributed by atoms with Crippen molar-refractivity contribution in [3.63, 3.8) is 0 Å². The molecule has 170 valence electrons. The van der Waals surface area contributed by atoms with E-state index in [1.807, 2.05) is 26.0 Å². The molecule has 8 nitrogen and oxygen atoms in total. The molecule has 1 aliphatic rings. The Morgan fingerprint density at radius 2 is 2.21 bits per heavy atom. The van der Waals surface area contributed by atoms with Crippen molar-refractivity contribution in [1.82, 2.24) is 30.0 Å². The number of rotatable bonds is 5. The number of hydrogen-bond acceptors (Lipinski definition) is 6. The van der Waals surface area contributed by atoms with Crippen LogP contribution in [0.25, 0.3) is 27.6 Å². The van der Waals surface area contributed by atoms with Crippen LogP contribution in [-0.4, -0.2) is 43.2 Å². The zero-order chi connectivity index (χ0) is 23.2. The van der Waals surface area contributed by atoms with Crippen molar-refractivity contribution >= 4 is 49.7 Å². The second-order valence-corrected chi connectivity index (χ2v) is 9.39. The molecule has 0 aliphatic heterocycles. The monoisotopic (exact) mass is 511 g/mol. The van der Waals surface area contributed by atoms with Gasteiger partial charge in [0.05, 0.1) is 11.1 Å². The van der Waals surface area contributed by atoms with Gasteiger partial charge in [-0.1, -0.05) is 13.0 Å². The lowest BCUT2D eigenvalue weighted by molar-refractivity contribution is -0.129. The Bertz CT molecular complexity index is 1370. The van der Waals surface area contributed by atoms with Crippen molar-refractivity contribution in [2.75, 3.05) is 11.9 Å². The number of carbonyl (C=O) groups excluding carboxylic acids is 1. The number of nitrogens with one attached hydrogen (secondary N) is 2. The van der Waals surface area contributed by atoms with Crippen molar-refractivity contribution in [3.05, 3.63) is 47.1 Å². The number of anilines is 1. The van der Waals surface area contributed by atoms with Crippen LogP contribution in [-0.2, 0) is 4.79 Å². The first-order chi connectivity index (χ1) is 15.9. The number of nitrogens with zero attached hydrogens (tertiary/aromatic N) is 5. The minimum absolute atomic E-state index is 0.0825. The topological polar surface area (TPSA) is 97.6 Å². The van der Waals surface area contributed by atoms with Gasteiger partial charge in [-0.05, 0) is 54.2 Å². The Balaban J connectivity index is 1.47. The molecule has 0 saturated heterocycles. The first kappa shape index (κ1) is 21.7. The summed E-state index contributed by atoms with van der Waals surface area (Å²) >= 11 is 3.46. The minimum Gasteiger partial charge on any atom is -0.356 e. The fourth-order valence-corrected chi connectivity index (χ4v) is 4.94. The number of pyridine rings is 1. The van der Waals surface area contributed by atoms with Crippen LogP contribution in [0.15, 0.2) is 41.3 Å². The second kappa shape index (κ2) is 8.33. The molecule has 1 fully saturated rings. The first-order valence-corrected chi connectivity index (χ1v) is 11.7. The van der Waals surface area contributed by atoms with E-state index < -0.39 is 11.2 Å². The Morgan fingerprint density at radius 3 is 3.03 bits per heavy atom. The number of benzene rings is 1. The van der Waals surface area contributed by atoms with Gasteiger partial charge in [0.2, 0.25) is 11.9 Å². The van der Waals surface area contributed by atoms with E-state index in [9.17, 15) is 9.18 Å². The molecule has 4 aromatic rings. The summed E-state index contributed by atoms with van der Waals surface area (Å²) in [5.74, 6) is 0.107. The Hall–Kier alpha value is -3.14. The molecule has 1 aromatic carbocycles. The van der Waals surface area contributed by atoms with Gasteiger partial charge in [0, 0.05) is 41.8 Å². The standard InChI is InChI=1S/C23H23BrFN7O/c1-3-26-21(33)23(2)7-6-14(11-23)29-22-28-12-16-19(24)31-32(20(16)30-22)15-9-13-5-4-8-27-18(13)17(25)10-15/h4-5,8-10,12,14H,3,6-7,11H2,1-2H3,(H,26,33)(H,28,29,30)/t14-,23-/m1/s1. The average Bonchev–Trinajstić information content (AvgIpc) is 3.34. The second-order valence-electron chi connectivity index (χ2n) is 8.64. The van der Waals surface area contributed by atoms with E-state index >= 15 is 0 Å². The molecule has 0 bridgehead atoms. The molecule has 2 atom stereocenters. The van der Waals surface area contributed by atoms with E-state index in [1.165, 1.54) is 6.07 Å². The van der Waals surface area contributed by atoms with Crippen molar-refractivity contribution in [1.29, 1.82) is 0 Å². The lowest BCUT2D eigenvalue weighted by Crippen LogP contribution is -2.37. The molecule has 10 heteroatoms. The molecule has 3 heterocycles. The van der Waals surface area contributed by atoms with E-state index in [4.69, 9.17) is 0 Å². The maximum absolute atomic E-state index is 14.7. The maximum atomic E-state index is 14.7. The summed E-state index contributed by atoms with van der Waals surface area (Å²) in [6, 6.07) is 6.89. The predicted octanol–water partition coefficient (Wildman–Crippen LogP) is 4.37. The number of hydrogen-bond donors (Lipinski definition) is 2. The first-order valence-electron chi connectivity index (χ1n) is 10.9. The van der Waals surface area contributed by atoms with Gasteiger partial charge < -0.3 is 10.6 Å². The van der Waals surface area contributed by atoms with Crippen LogP contribution in [0.5, 0.6) is 0 Å². The van der Waals surface area contributed by atoms with Crippen molar-refractivity contribution in [3.8, 4) is 5.69 Å². The molecule has 0 spiro atoms.